The Bertz CT molecular complexity index is 1620. The molecule has 1 aliphatic heterocycles. The summed E-state index contributed by atoms with van der Waals surface area (Å²) in [5.74, 6) is 0.621. The van der Waals surface area contributed by atoms with Crippen molar-refractivity contribution in [2.75, 3.05) is 32.8 Å². The molecular weight excluding hydrogens is 508 g/mol. The number of amides is 1. The molecule has 0 aliphatic carbocycles. The van der Waals surface area contributed by atoms with Crippen LogP contribution in [-0.4, -0.2) is 43.9 Å². The van der Waals surface area contributed by atoms with Crippen LogP contribution in [0, 0.1) is 6.92 Å². The third kappa shape index (κ3) is 4.37. The topological polar surface area (TPSA) is 105 Å². The van der Waals surface area contributed by atoms with E-state index in [1.807, 2.05) is 25.1 Å². The number of benzene rings is 2. The maximum atomic E-state index is 13.5. The number of methoxy groups -OCH3 is 2. The third-order valence-corrected chi connectivity index (χ3v) is 7.39. The molecule has 9 nitrogen and oxygen atoms in total. The van der Waals surface area contributed by atoms with Crippen LogP contribution in [0.5, 0.6) is 17.2 Å². The van der Waals surface area contributed by atoms with E-state index in [0.29, 0.717) is 52.1 Å². The van der Waals surface area contributed by atoms with E-state index < -0.39 is 17.9 Å². The molecule has 2 aromatic heterocycles. The Hall–Kier alpha value is -4.31. The first-order chi connectivity index (χ1) is 18.3. The first-order valence-corrected chi connectivity index (χ1v) is 12.8. The van der Waals surface area contributed by atoms with Gasteiger partial charge in [-0.2, -0.15) is 0 Å². The molecule has 10 heteroatoms. The number of rotatable bonds is 6. The standard InChI is InChI=1S/C28H26N2O7S/c1-15-12-23(31)30(25-18(15)6-5-7-21(25)34-3)16(2)26(32)29-27-24(28(33)35-4)19(14-38-27)17-8-9-20-22(13-17)37-11-10-36-20/h5-9,12-14,16H,10-11H2,1-4H3,(H,29,32). The molecule has 0 bridgehead atoms. The summed E-state index contributed by atoms with van der Waals surface area (Å²) in [4.78, 5) is 39.4. The number of anilines is 1. The number of fused-ring (bicyclic) bond motifs is 2. The zero-order valence-electron chi connectivity index (χ0n) is 21.3. The second kappa shape index (κ2) is 10.2. The zero-order valence-corrected chi connectivity index (χ0v) is 22.1. The molecule has 0 spiro atoms. The van der Waals surface area contributed by atoms with Gasteiger partial charge in [-0.25, -0.2) is 4.79 Å². The fraction of sp³-hybridized carbons (Fsp3) is 0.250. The van der Waals surface area contributed by atoms with E-state index in [1.54, 1.807) is 30.5 Å². The van der Waals surface area contributed by atoms with Crippen molar-refractivity contribution >= 4 is 39.1 Å². The molecule has 0 fully saturated rings. The highest BCUT2D eigenvalue weighted by atomic mass is 32.1. The van der Waals surface area contributed by atoms with E-state index in [1.165, 1.54) is 36.2 Å². The average Bonchev–Trinajstić information content (AvgIpc) is 3.35. The second-order valence-corrected chi connectivity index (χ2v) is 9.64. The van der Waals surface area contributed by atoms with Crippen LogP contribution < -0.4 is 25.1 Å². The maximum absolute atomic E-state index is 13.5. The minimum Gasteiger partial charge on any atom is -0.495 e. The minimum absolute atomic E-state index is 0.216. The maximum Gasteiger partial charge on any atom is 0.341 e. The summed E-state index contributed by atoms with van der Waals surface area (Å²) in [6, 6.07) is 11.4. The molecule has 1 aliphatic rings. The number of thiophene rings is 1. The Labute approximate surface area is 222 Å². The largest absolute Gasteiger partial charge is 0.495 e. The van der Waals surface area contributed by atoms with Crippen molar-refractivity contribution in [2.45, 2.75) is 19.9 Å². The van der Waals surface area contributed by atoms with Gasteiger partial charge in [0.25, 0.3) is 5.56 Å². The number of esters is 1. The van der Waals surface area contributed by atoms with Crippen LogP contribution in [0.1, 0.15) is 28.9 Å². The number of ether oxygens (including phenoxy) is 4. The monoisotopic (exact) mass is 534 g/mol. The lowest BCUT2D eigenvalue weighted by Gasteiger charge is -2.20. The molecule has 0 radical (unpaired) electrons. The van der Waals surface area contributed by atoms with Crippen molar-refractivity contribution < 1.29 is 28.5 Å². The average molecular weight is 535 g/mol. The predicted molar refractivity (Wildman–Crippen MR) is 145 cm³/mol. The highest BCUT2D eigenvalue weighted by molar-refractivity contribution is 7.15. The van der Waals surface area contributed by atoms with Gasteiger partial charge in [0.05, 0.1) is 19.7 Å². The van der Waals surface area contributed by atoms with E-state index >= 15 is 0 Å². The summed E-state index contributed by atoms with van der Waals surface area (Å²) >= 11 is 1.19. The summed E-state index contributed by atoms with van der Waals surface area (Å²) in [6.07, 6.45) is 0. The number of aromatic nitrogens is 1. The number of carbonyl (C=O) groups excluding carboxylic acids is 2. The normalized spacial score (nSPS) is 13.2. The number of hydrogen-bond donors (Lipinski definition) is 1. The highest BCUT2D eigenvalue weighted by Gasteiger charge is 2.27. The lowest BCUT2D eigenvalue weighted by Crippen LogP contribution is -2.32. The summed E-state index contributed by atoms with van der Waals surface area (Å²) in [7, 11) is 2.80. The molecule has 38 heavy (non-hydrogen) atoms. The number of para-hydroxylation sites is 1. The van der Waals surface area contributed by atoms with Crippen molar-refractivity contribution in [2.24, 2.45) is 0 Å². The number of aryl methyl sites for hydroxylation is 1. The van der Waals surface area contributed by atoms with Gasteiger partial charge < -0.3 is 24.3 Å². The van der Waals surface area contributed by atoms with Crippen molar-refractivity contribution in [3.05, 3.63) is 69.3 Å². The Kier molecular flexibility index (Phi) is 6.81. The number of nitrogens with zero attached hydrogens (tertiary/aromatic N) is 1. The van der Waals surface area contributed by atoms with Crippen molar-refractivity contribution in [1.29, 1.82) is 0 Å². The Morgan fingerprint density at radius 2 is 1.84 bits per heavy atom. The van der Waals surface area contributed by atoms with E-state index in [-0.39, 0.29) is 11.1 Å². The minimum atomic E-state index is -0.910. The smallest absolute Gasteiger partial charge is 0.341 e. The molecule has 0 saturated carbocycles. The van der Waals surface area contributed by atoms with E-state index in [0.717, 1.165) is 10.9 Å². The summed E-state index contributed by atoms with van der Waals surface area (Å²) in [6.45, 7) is 4.37. The van der Waals surface area contributed by atoms with Crippen LogP contribution in [0.4, 0.5) is 5.00 Å². The van der Waals surface area contributed by atoms with E-state index in [4.69, 9.17) is 18.9 Å². The van der Waals surface area contributed by atoms with Gasteiger partial charge in [0.1, 0.15) is 35.6 Å². The summed E-state index contributed by atoms with van der Waals surface area (Å²) in [5, 5.41) is 5.73. The molecular formula is C28H26N2O7S. The van der Waals surface area contributed by atoms with Crippen LogP contribution in [0.3, 0.4) is 0 Å². The van der Waals surface area contributed by atoms with Crippen molar-refractivity contribution in [3.63, 3.8) is 0 Å². The van der Waals surface area contributed by atoms with E-state index in [2.05, 4.69) is 5.32 Å². The van der Waals surface area contributed by atoms with Gasteiger partial charge in [0.15, 0.2) is 11.5 Å². The fourth-order valence-corrected chi connectivity index (χ4v) is 5.55. The van der Waals surface area contributed by atoms with Crippen LogP contribution in [0.25, 0.3) is 22.0 Å². The van der Waals surface area contributed by atoms with Crippen molar-refractivity contribution in [1.82, 2.24) is 4.57 Å². The van der Waals surface area contributed by atoms with Crippen LogP contribution in [0.2, 0.25) is 0 Å². The molecule has 1 unspecified atom stereocenters. The molecule has 1 atom stereocenters. The van der Waals surface area contributed by atoms with Crippen LogP contribution in [-0.2, 0) is 9.53 Å². The molecule has 4 aromatic rings. The Balaban J connectivity index is 1.53. The molecule has 0 saturated heterocycles. The third-order valence-electron chi connectivity index (χ3n) is 6.50. The molecule has 196 valence electrons. The van der Waals surface area contributed by atoms with Gasteiger partial charge in [-0.05, 0) is 43.2 Å². The van der Waals surface area contributed by atoms with Gasteiger partial charge in [-0.1, -0.05) is 18.2 Å². The van der Waals surface area contributed by atoms with E-state index in [9.17, 15) is 14.4 Å². The first-order valence-electron chi connectivity index (χ1n) is 11.9. The highest BCUT2D eigenvalue weighted by Crippen LogP contribution is 2.40. The number of nitrogens with one attached hydrogen (secondary N) is 1. The lowest BCUT2D eigenvalue weighted by atomic mass is 10.0. The van der Waals surface area contributed by atoms with Gasteiger partial charge in [-0.15, -0.1) is 11.3 Å². The number of hydrogen-bond acceptors (Lipinski definition) is 8. The first kappa shape index (κ1) is 25.3. The summed E-state index contributed by atoms with van der Waals surface area (Å²) < 4.78 is 23.2. The van der Waals surface area contributed by atoms with Crippen LogP contribution in [0.15, 0.2) is 52.6 Å². The molecule has 1 N–H and O–H groups in total. The Morgan fingerprint density at radius 3 is 2.58 bits per heavy atom. The number of pyridine rings is 1. The predicted octanol–water partition coefficient (Wildman–Crippen LogP) is 4.80. The fourth-order valence-electron chi connectivity index (χ4n) is 4.59. The number of carbonyl (C=O) groups is 2. The lowest BCUT2D eigenvalue weighted by molar-refractivity contribution is -0.118. The molecule has 2 aromatic carbocycles. The molecule has 3 heterocycles. The van der Waals surface area contributed by atoms with Gasteiger partial charge in [0.2, 0.25) is 5.91 Å². The zero-order chi connectivity index (χ0) is 27.0. The van der Waals surface area contributed by atoms with Gasteiger partial charge in [0, 0.05) is 22.4 Å². The SMILES string of the molecule is COC(=O)c1c(-c2ccc3c(c2)OCCO3)csc1NC(=O)C(C)n1c(=O)cc(C)c2cccc(OC)c21. The van der Waals surface area contributed by atoms with Gasteiger partial charge in [-0.3, -0.25) is 14.2 Å². The van der Waals surface area contributed by atoms with Gasteiger partial charge >= 0.3 is 5.97 Å². The second-order valence-electron chi connectivity index (χ2n) is 8.76. The molecule has 5 rings (SSSR count). The molecule has 1 amide bonds. The summed E-state index contributed by atoms with van der Waals surface area (Å²) in [5.41, 5.74) is 2.49. The van der Waals surface area contributed by atoms with Crippen molar-refractivity contribution in [3.8, 4) is 28.4 Å². The van der Waals surface area contributed by atoms with Crippen LogP contribution >= 0.6 is 11.3 Å². The Morgan fingerprint density at radius 1 is 1.08 bits per heavy atom. The quantitative estimate of drug-likeness (QED) is 0.354.